The van der Waals surface area contributed by atoms with Crippen LogP contribution in [0.4, 0.5) is 5.82 Å². The zero-order chi connectivity index (χ0) is 20.4. The molecule has 0 bridgehead atoms. The number of hydrogen-bond donors (Lipinski definition) is 0. The molecule has 1 saturated heterocycles. The van der Waals surface area contributed by atoms with Crippen LogP contribution in [0.25, 0.3) is 5.78 Å². The van der Waals surface area contributed by atoms with Crippen molar-refractivity contribution in [3.8, 4) is 0 Å². The van der Waals surface area contributed by atoms with Crippen molar-refractivity contribution in [2.45, 2.75) is 52.0 Å². The number of halogens is 1. The molecule has 4 rings (SSSR count). The largest absolute Gasteiger partial charge is 0.378 e. The molecule has 10 heteroatoms. The van der Waals surface area contributed by atoms with Crippen LogP contribution in [0.2, 0.25) is 0 Å². The van der Waals surface area contributed by atoms with Crippen molar-refractivity contribution >= 4 is 38.1 Å². The van der Waals surface area contributed by atoms with Gasteiger partial charge in [0.2, 0.25) is 11.7 Å². The maximum Gasteiger partial charge on any atom is 0.266 e. The minimum atomic E-state index is -0.140. The fraction of sp³-hybridized carbons (Fsp3) is 0.632. The quantitative estimate of drug-likeness (QED) is 0.582. The summed E-state index contributed by atoms with van der Waals surface area (Å²) in [4.78, 5) is 32.0. The smallest absolute Gasteiger partial charge is 0.266 e. The number of ether oxygens (including phenoxy) is 1. The van der Waals surface area contributed by atoms with Crippen LogP contribution in [0.5, 0.6) is 0 Å². The Kier molecular flexibility index (Phi) is 6.09. The number of carbonyl (C=O) groups excluding carboxylic acids is 1. The molecule has 2 aliphatic rings. The minimum Gasteiger partial charge on any atom is -0.378 e. The van der Waals surface area contributed by atoms with Gasteiger partial charge in [0.05, 0.1) is 23.4 Å². The summed E-state index contributed by atoms with van der Waals surface area (Å²) in [7, 11) is 0. The van der Waals surface area contributed by atoms with E-state index in [2.05, 4.69) is 38.0 Å². The fourth-order valence-corrected chi connectivity index (χ4v) is 4.29. The average Bonchev–Trinajstić information content (AvgIpc) is 3.33. The molecule has 4 heterocycles. The number of fused-ring (bicyclic) bond motifs is 2. The molecule has 1 amide bonds. The van der Waals surface area contributed by atoms with Crippen molar-refractivity contribution in [3.63, 3.8) is 0 Å². The van der Waals surface area contributed by atoms with Gasteiger partial charge in [0.15, 0.2) is 0 Å². The molecule has 2 aromatic heterocycles. The van der Waals surface area contributed by atoms with Crippen LogP contribution in [-0.2, 0) is 28.9 Å². The van der Waals surface area contributed by atoms with E-state index in [0.717, 1.165) is 30.4 Å². The van der Waals surface area contributed by atoms with E-state index in [9.17, 15) is 9.59 Å². The van der Waals surface area contributed by atoms with E-state index in [0.29, 0.717) is 68.5 Å². The Morgan fingerprint density at radius 2 is 2.00 bits per heavy atom. The van der Waals surface area contributed by atoms with Crippen LogP contribution in [0.15, 0.2) is 9.79 Å². The molecular formula is C19H25BrN6O3. The standard InChI is InChI=1S/C19H25BrN6O3/c1-2-3-4-7-25-17-13(12-14(20)21-17)18(28)26-15(22-23-19(25)26)5-6-16(27)24-8-10-29-11-9-24/h2-12H2,1H3. The van der Waals surface area contributed by atoms with Gasteiger partial charge in [-0.1, -0.05) is 19.8 Å². The van der Waals surface area contributed by atoms with Gasteiger partial charge in [0.1, 0.15) is 11.6 Å². The number of unbranched alkanes of at least 4 members (excludes halogenated alkanes) is 2. The predicted molar refractivity (Wildman–Crippen MR) is 112 cm³/mol. The van der Waals surface area contributed by atoms with E-state index >= 15 is 0 Å². The molecule has 0 atom stereocenters. The highest BCUT2D eigenvalue weighted by Gasteiger charge is 2.26. The van der Waals surface area contributed by atoms with Crippen molar-refractivity contribution in [2.75, 3.05) is 26.3 Å². The number of aromatic nitrogens is 4. The van der Waals surface area contributed by atoms with Crippen molar-refractivity contribution in [2.24, 2.45) is 4.99 Å². The molecule has 0 aromatic carbocycles. The topological polar surface area (TPSA) is 94.1 Å². The second-order valence-electron chi connectivity index (χ2n) is 7.38. The molecule has 0 unspecified atom stereocenters. The molecule has 156 valence electrons. The lowest BCUT2D eigenvalue weighted by Crippen LogP contribution is -2.40. The average molecular weight is 465 g/mol. The van der Waals surface area contributed by atoms with Gasteiger partial charge in [-0.15, -0.1) is 10.2 Å². The zero-order valence-electron chi connectivity index (χ0n) is 16.6. The number of amides is 1. The summed E-state index contributed by atoms with van der Waals surface area (Å²) in [5.74, 6) is 1.76. The summed E-state index contributed by atoms with van der Waals surface area (Å²) in [5.41, 5.74) is 0.514. The normalized spacial score (nSPS) is 16.3. The van der Waals surface area contributed by atoms with E-state index in [1.54, 1.807) is 9.30 Å². The first-order valence-corrected chi connectivity index (χ1v) is 11.0. The van der Waals surface area contributed by atoms with Gasteiger partial charge >= 0.3 is 0 Å². The van der Waals surface area contributed by atoms with Gasteiger partial charge in [0, 0.05) is 38.9 Å². The molecule has 0 spiro atoms. The van der Waals surface area contributed by atoms with E-state index in [1.807, 2.05) is 4.57 Å². The molecule has 0 aliphatic carbocycles. The van der Waals surface area contributed by atoms with Crippen molar-refractivity contribution < 1.29 is 9.53 Å². The number of aliphatic imine (C=N–C) groups is 1. The lowest BCUT2D eigenvalue weighted by Gasteiger charge is -2.26. The summed E-state index contributed by atoms with van der Waals surface area (Å²) < 4.78 is 9.60. The highest BCUT2D eigenvalue weighted by Crippen LogP contribution is 2.28. The first-order chi connectivity index (χ1) is 14.1. The summed E-state index contributed by atoms with van der Waals surface area (Å²) in [6.45, 7) is 5.26. The van der Waals surface area contributed by atoms with Crippen LogP contribution < -0.4 is 5.56 Å². The maximum absolute atomic E-state index is 13.1. The van der Waals surface area contributed by atoms with Gasteiger partial charge in [0.25, 0.3) is 5.56 Å². The lowest BCUT2D eigenvalue weighted by atomic mass is 10.2. The zero-order valence-corrected chi connectivity index (χ0v) is 18.2. The highest BCUT2D eigenvalue weighted by molar-refractivity contribution is 9.18. The monoisotopic (exact) mass is 464 g/mol. The SMILES string of the molecule is CCCCCn1c2c(c(=O)n3c(CCC(=O)N4CCOCC4)nnc13)CC(Br)=N2. The van der Waals surface area contributed by atoms with Gasteiger partial charge < -0.3 is 9.64 Å². The Labute approximate surface area is 176 Å². The van der Waals surface area contributed by atoms with E-state index in [1.165, 1.54) is 0 Å². The molecule has 0 radical (unpaired) electrons. The van der Waals surface area contributed by atoms with E-state index < -0.39 is 0 Å². The Morgan fingerprint density at radius 1 is 1.21 bits per heavy atom. The van der Waals surface area contributed by atoms with E-state index in [-0.39, 0.29) is 11.5 Å². The number of aryl methyl sites for hydroxylation is 2. The number of hydrogen-bond acceptors (Lipinski definition) is 6. The maximum atomic E-state index is 13.1. The Hall–Kier alpha value is -2.07. The molecule has 0 saturated carbocycles. The third-order valence-corrected chi connectivity index (χ3v) is 5.86. The van der Waals surface area contributed by atoms with Gasteiger partial charge in [-0.25, -0.2) is 9.39 Å². The molecule has 9 nitrogen and oxygen atoms in total. The number of rotatable bonds is 7. The number of nitrogens with zero attached hydrogens (tertiary/aromatic N) is 6. The lowest BCUT2D eigenvalue weighted by molar-refractivity contribution is -0.135. The van der Waals surface area contributed by atoms with Crippen LogP contribution in [0, 0.1) is 0 Å². The van der Waals surface area contributed by atoms with Gasteiger partial charge in [-0.2, -0.15) is 0 Å². The van der Waals surface area contributed by atoms with E-state index in [4.69, 9.17) is 4.74 Å². The number of morpholine rings is 1. The van der Waals surface area contributed by atoms with Crippen LogP contribution in [0.1, 0.15) is 44.0 Å². The fourth-order valence-electron chi connectivity index (χ4n) is 3.84. The summed E-state index contributed by atoms with van der Waals surface area (Å²) in [6.07, 6.45) is 4.32. The first kappa shape index (κ1) is 20.2. The summed E-state index contributed by atoms with van der Waals surface area (Å²) >= 11 is 3.43. The van der Waals surface area contributed by atoms with Crippen LogP contribution in [-0.4, -0.2) is 60.9 Å². The third-order valence-electron chi connectivity index (χ3n) is 5.40. The summed E-state index contributed by atoms with van der Waals surface area (Å²) in [5, 5.41) is 8.56. The van der Waals surface area contributed by atoms with Crippen molar-refractivity contribution in [1.29, 1.82) is 0 Å². The highest BCUT2D eigenvalue weighted by atomic mass is 79.9. The Bertz CT molecular complexity index is 1010. The Morgan fingerprint density at radius 3 is 2.76 bits per heavy atom. The first-order valence-electron chi connectivity index (χ1n) is 10.2. The number of carbonyl (C=O) groups is 1. The molecule has 2 aliphatic heterocycles. The second-order valence-corrected chi connectivity index (χ2v) is 8.29. The Balaban J connectivity index is 1.63. The second kappa shape index (κ2) is 8.74. The minimum absolute atomic E-state index is 0.0561. The third kappa shape index (κ3) is 4.00. The molecule has 1 fully saturated rings. The van der Waals surface area contributed by atoms with Gasteiger partial charge in [-0.3, -0.25) is 14.2 Å². The predicted octanol–water partition coefficient (Wildman–Crippen LogP) is 1.85. The van der Waals surface area contributed by atoms with Crippen molar-refractivity contribution in [1.82, 2.24) is 24.1 Å². The molecule has 29 heavy (non-hydrogen) atoms. The molecular weight excluding hydrogens is 440 g/mol. The van der Waals surface area contributed by atoms with Gasteiger partial charge in [-0.05, 0) is 22.4 Å². The van der Waals surface area contributed by atoms with Crippen LogP contribution in [0.3, 0.4) is 0 Å². The molecule has 0 N–H and O–H groups in total. The molecule has 2 aromatic rings. The van der Waals surface area contributed by atoms with Crippen LogP contribution >= 0.6 is 15.9 Å². The van der Waals surface area contributed by atoms with Crippen molar-refractivity contribution in [3.05, 3.63) is 21.7 Å². The summed E-state index contributed by atoms with van der Waals surface area (Å²) in [6, 6.07) is 0.